The Balaban J connectivity index is 3.75. The summed E-state index contributed by atoms with van der Waals surface area (Å²) in [6, 6.07) is -0.471. The average molecular weight is 215 g/mol. The summed E-state index contributed by atoms with van der Waals surface area (Å²) in [6.45, 7) is 4.78. The number of nitrogens with one attached hydrogen (secondary N) is 2. The van der Waals surface area contributed by atoms with E-state index >= 15 is 0 Å². The van der Waals surface area contributed by atoms with Crippen LogP contribution in [0.3, 0.4) is 0 Å². The highest BCUT2D eigenvalue weighted by Crippen LogP contribution is 1.89. The molecule has 0 aliphatic carbocycles. The average Bonchev–Trinajstić information content (AvgIpc) is 2.22. The molecule has 88 valence electrons. The summed E-state index contributed by atoms with van der Waals surface area (Å²) in [5.41, 5.74) is 5.27. The first-order chi connectivity index (χ1) is 7.11. The largest absolute Gasteiger partial charge is 0.354 e. The van der Waals surface area contributed by atoms with Crippen LogP contribution in [0.4, 0.5) is 0 Å². The third-order valence-corrected chi connectivity index (χ3v) is 1.93. The SMILES string of the molecule is CCCNC(=O)C(C)NC(=O)CCCN. The Morgan fingerprint density at radius 1 is 1.40 bits per heavy atom. The topological polar surface area (TPSA) is 84.2 Å². The summed E-state index contributed by atoms with van der Waals surface area (Å²) in [5.74, 6) is -0.266. The zero-order valence-electron chi connectivity index (χ0n) is 9.51. The molecule has 0 aromatic carbocycles. The van der Waals surface area contributed by atoms with Crippen LogP contribution in [-0.2, 0) is 9.59 Å². The van der Waals surface area contributed by atoms with Gasteiger partial charge in [0.2, 0.25) is 11.8 Å². The van der Waals surface area contributed by atoms with Gasteiger partial charge in [-0.2, -0.15) is 0 Å². The van der Waals surface area contributed by atoms with Crippen LogP contribution in [0.2, 0.25) is 0 Å². The van der Waals surface area contributed by atoms with Crippen LogP contribution in [0, 0.1) is 0 Å². The van der Waals surface area contributed by atoms with Crippen molar-refractivity contribution in [3.05, 3.63) is 0 Å². The predicted octanol–water partition coefficient (Wildman–Crippen LogP) is -0.244. The zero-order valence-corrected chi connectivity index (χ0v) is 9.51. The molecule has 0 saturated carbocycles. The number of hydrogen-bond acceptors (Lipinski definition) is 3. The van der Waals surface area contributed by atoms with Crippen molar-refractivity contribution in [1.82, 2.24) is 10.6 Å². The molecule has 4 N–H and O–H groups in total. The molecule has 0 fully saturated rings. The van der Waals surface area contributed by atoms with Gasteiger partial charge in [-0.25, -0.2) is 0 Å². The predicted molar refractivity (Wildman–Crippen MR) is 59.2 cm³/mol. The van der Waals surface area contributed by atoms with Gasteiger partial charge in [-0.1, -0.05) is 6.92 Å². The lowest BCUT2D eigenvalue weighted by Gasteiger charge is -2.13. The van der Waals surface area contributed by atoms with Crippen molar-refractivity contribution < 1.29 is 9.59 Å². The number of amides is 2. The minimum atomic E-state index is -0.471. The second-order valence-corrected chi connectivity index (χ2v) is 3.47. The van der Waals surface area contributed by atoms with Gasteiger partial charge in [0.15, 0.2) is 0 Å². The molecule has 5 heteroatoms. The molecule has 0 saturated heterocycles. The van der Waals surface area contributed by atoms with E-state index in [1.807, 2.05) is 6.92 Å². The van der Waals surface area contributed by atoms with Crippen LogP contribution in [0.15, 0.2) is 0 Å². The first kappa shape index (κ1) is 13.9. The maximum absolute atomic E-state index is 11.4. The third kappa shape index (κ3) is 6.90. The van der Waals surface area contributed by atoms with Gasteiger partial charge >= 0.3 is 0 Å². The van der Waals surface area contributed by atoms with Crippen LogP contribution in [0.25, 0.3) is 0 Å². The Bertz CT molecular complexity index is 207. The summed E-state index contributed by atoms with van der Waals surface area (Å²) in [4.78, 5) is 22.6. The number of carbonyl (C=O) groups is 2. The van der Waals surface area contributed by atoms with E-state index in [-0.39, 0.29) is 11.8 Å². The van der Waals surface area contributed by atoms with E-state index in [4.69, 9.17) is 5.73 Å². The first-order valence-electron chi connectivity index (χ1n) is 5.39. The first-order valence-corrected chi connectivity index (χ1v) is 5.39. The lowest BCUT2D eigenvalue weighted by atomic mass is 10.2. The van der Waals surface area contributed by atoms with Crippen molar-refractivity contribution in [2.75, 3.05) is 13.1 Å². The number of hydrogen-bond donors (Lipinski definition) is 3. The van der Waals surface area contributed by atoms with Crippen molar-refractivity contribution in [2.24, 2.45) is 5.73 Å². The minimum absolute atomic E-state index is 0.125. The molecule has 1 atom stereocenters. The standard InChI is InChI=1S/C10H21N3O2/c1-3-7-12-10(15)8(2)13-9(14)5-4-6-11/h8H,3-7,11H2,1-2H3,(H,12,15)(H,13,14). The normalized spacial score (nSPS) is 11.9. The number of carbonyl (C=O) groups excluding carboxylic acids is 2. The highest BCUT2D eigenvalue weighted by Gasteiger charge is 2.13. The molecule has 0 spiro atoms. The van der Waals surface area contributed by atoms with Crippen molar-refractivity contribution in [3.8, 4) is 0 Å². The molecular weight excluding hydrogens is 194 g/mol. The van der Waals surface area contributed by atoms with Gasteiger partial charge < -0.3 is 16.4 Å². The molecule has 0 heterocycles. The fraction of sp³-hybridized carbons (Fsp3) is 0.800. The van der Waals surface area contributed by atoms with Gasteiger partial charge in [0, 0.05) is 13.0 Å². The van der Waals surface area contributed by atoms with Gasteiger partial charge in [0.05, 0.1) is 0 Å². The fourth-order valence-electron chi connectivity index (χ4n) is 1.04. The van der Waals surface area contributed by atoms with E-state index in [0.29, 0.717) is 25.9 Å². The maximum Gasteiger partial charge on any atom is 0.242 e. The Morgan fingerprint density at radius 2 is 2.07 bits per heavy atom. The van der Waals surface area contributed by atoms with Gasteiger partial charge in [-0.3, -0.25) is 9.59 Å². The molecule has 1 unspecified atom stereocenters. The molecule has 2 amide bonds. The van der Waals surface area contributed by atoms with Gasteiger partial charge in [-0.05, 0) is 26.3 Å². The molecule has 5 nitrogen and oxygen atoms in total. The van der Waals surface area contributed by atoms with Crippen LogP contribution in [0.5, 0.6) is 0 Å². The summed E-state index contributed by atoms with van der Waals surface area (Å²) < 4.78 is 0. The van der Waals surface area contributed by atoms with Crippen molar-refractivity contribution >= 4 is 11.8 Å². The molecule has 0 bridgehead atoms. The second-order valence-electron chi connectivity index (χ2n) is 3.47. The van der Waals surface area contributed by atoms with E-state index in [1.54, 1.807) is 6.92 Å². The summed E-state index contributed by atoms with van der Waals surface area (Å²) >= 11 is 0. The lowest BCUT2D eigenvalue weighted by molar-refractivity contribution is -0.128. The van der Waals surface area contributed by atoms with Crippen LogP contribution in [0.1, 0.15) is 33.1 Å². The maximum atomic E-state index is 11.4. The summed E-state index contributed by atoms with van der Waals surface area (Å²) in [6.07, 6.45) is 1.91. The summed E-state index contributed by atoms with van der Waals surface area (Å²) in [7, 11) is 0. The summed E-state index contributed by atoms with van der Waals surface area (Å²) in [5, 5.41) is 5.33. The Kier molecular flexibility index (Phi) is 7.62. The molecule has 0 aliphatic heterocycles. The van der Waals surface area contributed by atoms with E-state index in [2.05, 4.69) is 10.6 Å². The minimum Gasteiger partial charge on any atom is -0.354 e. The van der Waals surface area contributed by atoms with Gasteiger partial charge in [0.25, 0.3) is 0 Å². The highest BCUT2D eigenvalue weighted by molar-refractivity contribution is 5.87. The van der Waals surface area contributed by atoms with E-state index < -0.39 is 6.04 Å². The smallest absolute Gasteiger partial charge is 0.242 e. The lowest BCUT2D eigenvalue weighted by Crippen LogP contribution is -2.45. The zero-order chi connectivity index (χ0) is 11.7. The number of rotatable bonds is 7. The Morgan fingerprint density at radius 3 is 2.60 bits per heavy atom. The monoisotopic (exact) mass is 215 g/mol. The second kappa shape index (κ2) is 8.23. The van der Waals surface area contributed by atoms with Gasteiger partial charge in [0.1, 0.15) is 6.04 Å². The molecule has 15 heavy (non-hydrogen) atoms. The third-order valence-electron chi connectivity index (χ3n) is 1.93. The molecule has 0 aromatic rings. The molecular formula is C10H21N3O2. The van der Waals surface area contributed by atoms with Crippen LogP contribution < -0.4 is 16.4 Å². The molecule has 0 aromatic heterocycles. The fourth-order valence-corrected chi connectivity index (χ4v) is 1.04. The van der Waals surface area contributed by atoms with E-state index in [1.165, 1.54) is 0 Å². The quantitative estimate of drug-likeness (QED) is 0.548. The molecule has 0 rings (SSSR count). The van der Waals surface area contributed by atoms with Crippen molar-refractivity contribution in [1.29, 1.82) is 0 Å². The highest BCUT2D eigenvalue weighted by atomic mass is 16.2. The molecule has 0 radical (unpaired) electrons. The van der Waals surface area contributed by atoms with E-state index in [0.717, 1.165) is 6.42 Å². The Hall–Kier alpha value is -1.10. The Labute approximate surface area is 90.8 Å². The van der Waals surface area contributed by atoms with Crippen LogP contribution in [-0.4, -0.2) is 30.9 Å². The number of nitrogens with two attached hydrogens (primary N) is 1. The van der Waals surface area contributed by atoms with E-state index in [9.17, 15) is 9.59 Å². The van der Waals surface area contributed by atoms with Crippen molar-refractivity contribution in [2.45, 2.75) is 39.2 Å². The van der Waals surface area contributed by atoms with Crippen molar-refractivity contribution in [3.63, 3.8) is 0 Å². The van der Waals surface area contributed by atoms with Crippen LogP contribution >= 0.6 is 0 Å². The molecule has 0 aliphatic rings. The van der Waals surface area contributed by atoms with Gasteiger partial charge in [-0.15, -0.1) is 0 Å².